The molecule has 16 heavy (non-hydrogen) atoms. The number of fused-ring (bicyclic) bond motifs is 5. The van der Waals surface area contributed by atoms with E-state index in [2.05, 4.69) is 24.3 Å². The van der Waals surface area contributed by atoms with Gasteiger partial charge in [-0.15, -0.1) is 0 Å². The van der Waals surface area contributed by atoms with E-state index >= 15 is 0 Å². The Bertz CT molecular complexity index is 428. The van der Waals surface area contributed by atoms with Crippen molar-refractivity contribution in [1.82, 2.24) is 0 Å². The molecule has 2 aliphatic rings. The van der Waals surface area contributed by atoms with Crippen LogP contribution in [0.1, 0.15) is 29.4 Å². The van der Waals surface area contributed by atoms with Crippen LogP contribution in [-0.2, 0) is 0 Å². The first-order valence-electron chi connectivity index (χ1n) is 5.30. The summed E-state index contributed by atoms with van der Waals surface area (Å²) in [6.07, 6.45) is 1.07. The first kappa shape index (κ1) is 12.2. The maximum absolute atomic E-state index is 6.49. The van der Waals surface area contributed by atoms with Crippen LogP contribution < -0.4 is 0 Å². The quantitative estimate of drug-likeness (QED) is 0.463. The Morgan fingerprint density at radius 2 is 1.56 bits per heavy atom. The van der Waals surface area contributed by atoms with Gasteiger partial charge in [-0.25, -0.2) is 0 Å². The van der Waals surface area contributed by atoms with Crippen molar-refractivity contribution in [1.29, 1.82) is 0 Å². The molecule has 0 unspecified atom stereocenters. The van der Waals surface area contributed by atoms with Crippen molar-refractivity contribution in [3.8, 4) is 0 Å². The van der Waals surface area contributed by atoms with Gasteiger partial charge in [-0.1, -0.05) is 0 Å². The van der Waals surface area contributed by atoms with Gasteiger partial charge in [0.2, 0.25) is 0 Å². The van der Waals surface area contributed by atoms with Gasteiger partial charge in [0.15, 0.2) is 0 Å². The van der Waals surface area contributed by atoms with E-state index in [1.165, 1.54) is 11.1 Å². The third kappa shape index (κ3) is 1.72. The van der Waals surface area contributed by atoms with Gasteiger partial charge in [0.25, 0.3) is 0 Å². The number of rotatable bonds is 1. The standard InChI is InChI=1S/C11H10Cl.3ClH.Sn/c12-11-6-7-5-10(11)9-4-2-1-3-8(7)9;;;;/h1-4,6-7,10-11H,5H2;3*1H;/q;;;;+3/p-3/t7-,10-,11+;;;;/m0..../s1. The fraction of sp³-hybridized carbons (Fsp3) is 0.455. The number of hydrogen-bond acceptors (Lipinski definition) is 0. The normalized spacial score (nSPS) is 36.5. The van der Waals surface area contributed by atoms with Crippen LogP contribution in [0, 0.1) is 0 Å². The summed E-state index contributed by atoms with van der Waals surface area (Å²) in [6.45, 7) is 0. The van der Waals surface area contributed by atoms with E-state index in [-0.39, 0.29) is 9.31 Å². The van der Waals surface area contributed by atoms with Gasteiger partial charge < -0.3 is 0 Å². The maximum atomic E-state index is 6.49. The minimum atomic E-state index is -3.47. The number of benzene rings is 1. The molecule has 0 aliphatic heterocycles. The molecule has 0 amide bonds. The van der Waals surface area contributed by atoms with Crippen LogP contribution in [-0.4, -0.2) is 20.4 Å². The van der Waals surface area contributed by atoms with Crippen LogP contribution in [0.2, 0.25) is 3.93 Å². The van der Waals surface area contributed by atoms with Crippen molar-refractivity contribution in [3.63, 3.8) is 0 Å². The first-order chi connectivity index (χ1) is 7.50. The van der Waals surface area contributed by atoms with Crippen LogP contribution >= 0.6 is 38.4 Å². The average Bonchev–Trinajstić information content (AvgIpc) is 2.72. The molecule has 0 aromatic heterocycles. The molecular weight excluding hydrogens is 393 g/mol. The minimum absolute atomic E-state index is 0.0307. The Hall–Kier alpha value is 1.18. The number of alkyl halides is 1. The Kier molecular flexibility index (Phi) is 3.13. The Morgan fingerprint density at radius 3 is 2.12 bits per heavy atom. The summed E-state index contributed by atoms with van der Waals surface area (Å²) in [7, 11) is 18.8. The second kappa shape index (κ2) is 4.09. The summed E-state index contributed by atoms with van der Waals surface area (Å²) < 4.78 is 0.140. The summed E-state index contributed by atoms with van der Waals surface area (Å²) in [5.41, 5.74) is 2.75. The molecule has 2 aliphatic carbocycles. The van der Waals surface area contributed by atoms with E-state index in [0.29, 0.717) is 11.8 Å². The van der Waals surface area contributed by atoms with E-state index in [9.17, 15) is 0 Å². The predicted molar refractivity (Wildman–Crippen MR) is 73.2 cm³/mol. The fourth-order valence-corrected chi connectivity index (χ4v) is 15.9. The second-order valence-corrected chi connectivity index (χ2v) is 26.0. The van der Waals surface area contributed by atoms with E-state index < -0.39 is 15.0 Å². The van der Waals surface area contributed by atoms with Gasteiger partial charge in [0.05, 0.1) is 0 Å². The van der Waals surface area contributed by atoms with E-state index in [0.717, 1.165) is 6.42 Å². The summed E-state index contributed by atoms with van der Waals surface area (Å²) in [6, 6.07) is 8.46. The molecule has 4 atom stereocenters. The SMILES string of the molecule is Cl[C@@H]1[C@H]([Sn]([Cl])([Cl])[Cl])[C@@H]2C[C@H]1c1ccccc12. The molecule has 3 rings (SSSR count). The third-order valence-electron chi connectivity index (χ3n) is 3.84. The Balaban J connectivity index is 2.08. The molecule has 1 fully saturated rings. The van der Waals surface area contributed by atoms with Gasteiger partial charge in [0.1, 0.15) is 0 Å². The summed E-state index contributed by atoms with van der Waals surface area (Å²) in [5.74, 6) is 0.798. The average molecular weight is 403 g/mol. The van der Waals surface area contributed by atoms with Crippen LogP contribution in [0.5, 0.6) is 0 Å². The van der Waals surface area contributed by atoms with Crippen molar-refractivity contribution < 1.29 is 0 Å². The molecule has 0 N–H and O–H groups in total. The molecule has 0 radical (unpaired) electrons. The molecular formula is C11H10Cl4Sn. The summed E-state index contributed by atoms with van der Waals surface area (Å²) >= 11 is 3.01. The molecule has 0 heterocycles. The van der Waals surface area contributed by atoms with E-state index in [1.807, 2.05) is 0 Å². The van der Waals surface area contributed by atoms with Gasteiger partial charge >= 0.3 is 116 Å². The molecule has 0 nitrogen and oxygen atoms in total. The zero-order valence-electron chi connectivity index (χ0n) is 8.34. The molecule has 1 aromatic carbocycles. The van der Waals surface area contributed by atoms with Gasteiger partial charge in [-0.3, -0.25) is 0 Å². The van der Waals surface area contributed by atoms with E-state index in [1.54, 1.807) is 0 Å². The van der Waals surface area contributed by atoms with Gasteiger partial charge in [-0.2, -0.15) is 0 Å². The van der Waals surface area contributed by atoms with Crippen molar-refractivity contribution >= 4 is 53.4 Å². The zero-order valence-corrected chi connectivity index (χ0v) is 14.2. The predicted octanol–water partition coefficient (Wildman–Crippen LogP) is 4.90. The van der Waals surface area contributed by atoms with Gasteiger partial charge in [0, 0.05) is 0 Å². The molecule has 1 aromatic rings. The second-order valence-electron chi connectivity index (χ2n) is 4.59. The summed E-state index contributed by atoms with van der Waals surface area (Å²) in [4.78, 5) is 0. The third-order valence-corrected chi connectivity index (χ3v) is 14.4. The Morgan fingerprint density at radius 1 is 1.00 bits per heavy atom. The topological polar surface area (TPSA) is 0 Å². The molecule has 5 heteroatoms. The molecule has 0 spiro atoms. The Labute approximate surface area is 115 Å². The molecule has 0 saturated heterocycles. The monoisotopic (exact) mass is 402 g/mol. The van der Waals surface area contributed by atoms with Crippen molar-refractivity contribution in [2.75, 3.05) is 0 Å². The van der Waals surface area contributed by atoms with E-state index in [4.69, 9.17) is 38.4 Å². The van der Waals surface area contributed by atoms with Crippen LogP contribution in [0.25, 0.3) is 0 Å². The van der Waals surface area contributed by atoms with Crippen LogP contribution in [0.4, 0.5) is 0 Å². The number of halogens is 4. The van der Waals surface area contributed by atoms with Crippen molar-refractivity contribution in [3.05, 3.63) is 35.4 Å². The summed E-state index contributed by atoms with van der Waals surface area (Å²) in [5, 5.41) is 0.0307. The van der Waals surface area contributed by atoms with Gasteiger partial charge in [-0.05, 0) is 0 Å². The molecule has 2 bridgehead atoms. The van der Waals surface area contributed by atoms with Crippen LogP contribution in [0.15, 0.2) is 24.3 Å². The van der Waals surface area contributed by atoms with Crippen molar-refractivity contribution in [2.45, 2.75) is 27.6 Å². The zero-order chi connectivity index (χ0) is 11.5. The number of hydrogen-bond donors (Lipinski definition) is 0. The first-order valence-corrected chi connectivity index (χ1v) is 18.2. The molecule has 86 valence electrons. The van der Waals surface area contributed by atoms with Crippen molar-refractivity contribution in [2.24, 2.45) is 0 Å². The van der Waals surface area contributed by atoms with Crippen LogP contribution in [0.3, 0.4) is 0 Å². The molecule has 1 saturated carbocycles. The fourth-order valence-electron chi connectivity index (χ4n) is 3.24.